The summed E-state index contributed by atoms with van der Waals surface area (Å²) >= 11 is 0. The number of likely N-dealkylation sites (tertiary alicyclic amines) is 1. The lowest BCUT2D eigenvalue weighted by atomic mass is 9.57. The average molecular weight is 540 g/mol. The van der Waals surface area contributed by atoms with Crippen molar-refractivity contribution in [2.45, 2.75) is 50.2 Å². The molecule has 0 radical (unpaired) electrons. The molecule has 0 spiro atoms. The highest BCUT2D eigenvalue weighted by Gasteiger charge is 2.64. The first-order chi connectivity index (χ1) is 18.4. The number of fused-ring (bicyclic) bond motifs is 3. The Morgan fingerprint density at radius 1 is 1.15 bits per heavy atom. The number of ketones is 2. The van der Waals surface area contributed by atoms with E-state index >= 15 is 0 Å². The van der Waals surface area contributed by atoms with Crippen molar-refractivity contribution in [3.8, 4) is 5.75 Å². The van der Waals surface area contributed by atoms with E-state index in [1.165, 1.54) is 11.0 Å². The number of nitrogens with two attached hydrogens (primary N) is 1. The minimum absolute atomic E-state index is 0.0931. The third-order valence-corrected chi connectivity index (χ3v) is 9.36. The van der Waals surface area contributed by atoms with Crippen molar-refractivity contribution >= 4 is 23.2 Å². The first kappa shape index (κ1) is 27.4. The van der Waals surface area contributed by atoms with Gasteiger partial charge in [0.2, 0.25) is 5.78 Å². The quantitative estimate of drug-likeness (QED) is 0.346. The zero-order chi connectivity index (χ0) is 28.4. The summed E-state index contributed by atoms with van der Waals surface area (Å²) in [6.45, 7) is 2.12. The predicted octanol–water partition coefficient (Wildman–Crippen LogP) is 1.24. The Balaban J connectivity index is 1.57. The number of amides is 1. The molecule has 2 fully saturated rings. The third kappa shape index (κ3) is 4.16. The molecule has 210 valence electrons. The van der Waals surface area contributed by atoms with Gasteiger partial charge >= 0.3 is 0 Å². The number of aliphatic hydroxyl groups excluding tert-OH is 2. The monoisotopic (exact) mass is 539 g/mol. The van der Waals surface area contributed by atoms with Gasteiger partial charge in [-0.05, 0) is 102 Å². The molecular formula is C29H37N3O7. The van der Waals surface area contributed by atoms with Gasteiger partial charge in [0, 0.05) is 11.5 Å². The van der Waals surface area contributed by atoms with Gasteiger partial charge in [0.15, 0.2) is 11.4 Å². The Bertz CT molecular complexity index is 1310. The van der Waals surface area contributed by atoms with Gasteiger partial charge in [-0.15, -0.1) is 0 Å². The first-order valence-corrected chi connectivity index (χ1v) is 13.5. The SMILES string of the molecule is CN1CCC(CCc2ccc(O)c3c2C[C@@H]2C[C@@H]4[C@@H](N(C)C)C(=O)C(C(N)=O)=C(O)[C@]4(O)C(=O)C2=C3O)CC1. The number of carbonyl (C=O) groups is 3. The van der Waals surface area contributed by atoms with E-state index in [4.69, 9.17) is 5.73 Å². The number of piperidine rings is 1. The van der Waals surface area contributed by atoms with E-state index in [1.54, 1.807) is 14.1 Å². The first-order valence-electron chi connectivity index (χ1n) is 13.5. The number of nitrogens with zero attached hydrogens (tertiary/aromatic N) is 2. The molecule has 4 aliphatic rings. The van der Waals surface area contributed by atoms with E-state index in [9.17, 15) is 34.8 Å². The highest BCUT2D eigenvalue weighted by molar-refractivity contribution is 6.24. The number of carbonyl (C=O) groups excluding carboxylic acids is 3. The van der Waals surface area contributed by atoms with Crippen LogP contribution in [0.2, 0.25) is 0 Å². The summed E-state index contributed by atoms with van der Waals surface area (Å²) in [5.41, 5.74) is 3.73. The smallest absolute Gasteiger partial charge is 0.255 e. The molecular weight excluding hydrogens is 502 g/mol. The molecule has 0 bridgehead atoms. The van der Waals surface area contributed by atoms with Crippen molar-refractivity contribution in [1.29, 1.82) is 0 Å². The lowest BCUT2D eigenvalue weighted by molar-refractivity contribution is -0.153. The van der Waals surface area contributed by atoms with Crippen LogP contribution in [0.15, 0.2) is 29.0 Å². The maximum absolute atomic E-state index is 13.9. The number of likely N-dealkylation sites (N-methyl/N-ethyl adjacent to an activating group) is 1. The van der Waals surface area contributed by atoms with Crippen LogP contribution >= 0.6 is 0 Å². The number of rotatable bonds is 5. The van der Waals surface area contributed by atoms with Crippen molar-refractivity contribution in [1.82, 2.24) is 9.80 Å². The summed E-state index contributed by atoms with van der Waals surface area (Å²) in [5, 5.41) is 44.8. The van der Waals surface area contributed by atoms with Crippen LogP contribution in [0.4, 0.5) is 0 Å². The van der Waals surface area contributed by atoms with Gasteiger partial charge in [0.25, 0.3) is 5.91 Å². The second-order valence-corrected chi connectivity index (χ2v) is 11.8. The zero-order valence-electron chi connectivity index (χ0n) is 22.6. The van der Waals surface area contributed by atoms with Crippen molar-refractivity contribution in [2.75, 3.05) is 34.2 Å². The fourth-order valence-corrected chi connectivity index (χ4v) is 7.25. The van der Waals surface area contributed by atoms with Crippen LogP contribution in [-0.2, 0) is 27.2 Å². The zero-order valence-corrected chi connectivity index (χ0v) is 22.6. The van der Waals surface area contributed by atoms with Gasteiger partial charge in [-0.25, -0.2) is 0 Å². The molecule has 4 atom stereocenters. The number of benzene rings is 1. The molecule has 0 unspecified atom stereocenters. The lowest BCUT2D eigenvalue weighted by Gasteiger charge is -2.50. The lowest BCUT2D eigenvalue weighted by Crippen LogP contribution is -2.65. The molecule has 10 heteroatoms. The maximum Gasteiger partial charge on any atom is 0.255 e. The van der Waals surface area contributed by atoms with E-state index in [0.29, 0.717) is 12.3 Å². The second kappa shape index (κ2) is 9.76. The van der Waals surface area contributed by atoms with Crippen molar-refractivity contribution in [3.63, 3.8) is 0 Å². The largest absolute Gasteiger partial charge is 0.508 e. The Morgan fingerprint density at radius 3 is 2.44 bits per heavy atom. The van der Waals surface area contributed by atoms with Crippen LogP contribution in [0.25, 0.3) is 5.76 Å². The van der Waals surface area contributed by atoms with Gasteiger partial charge in [0.1, 0.15) is 22.8 Å². The number of aromatic hydroxyl groups is 1. The van der Waals surface area contributed by atoms with Crippen molar-refractivity contribution in [3.05, 3.63) is 45.7 Å². The predicted molar refractivity (Wildman–Crippen MR) is 143 cm³/mol. The molecule has 6 N–H and O–H groups in total. The summed E-state index contributed by atoms with van der Waals surface area (Å²) in [7, 11) is 5.30. The summed E-state index contributed by atoms with van der Waals surface area (Å²) in [6.07, 6.45) is 4.39. The van der Waals surface area contributed by atoms with Gasteiger partial charge in [-0.3, -0.25) is 19.3 Å². The molecule has 1 saturated carbocycles. The van der Waals surface area contributed by atoms with Crippen LogP contribution < -0.4 is 5.73 Å². The Kier molecular flexibility index (Phi) is 6.85. The summed E-state index contributed by atoms with van der Waals surface area (Å²) < 4.78 is 0. The van der Waals surface area contributed by atoms with E-state index < -0.39 is 58.0 Å². The third-order valence-electron chi connectivity index (χ3n) is 9.36. The van der Waals surface area contributed by atoms with Crippen molar-refractivity contribution < 1.29 is 34.8 Å². The minimum Gasteiger partial charge on any atom is -0.508 e. The Morgan fingerprint density at radius 2 is 1.82 bits per heavy atom. The van der Waals surface area contributed by atoms with E-state index in [2.05, 4.69) is 11.9 Å². The van der Waals surface area contributed by atoms with E-state index in [-0.39, 0.29) is 23.3 Å². The molecule has 10 nitrogen and oxygen atoms in total. The number of aliphatic hydroxyl groups is 3. The van der Waals surface area contributed by atoms with Crippen molar-refractivity contribution in [2.24, 2.45) is 23.5 Å². The van der Waals surface area contributed by atoms with Gasteiger partial charge in [0.05, 0.1) is 11.6 Å². The molecule has 1 aromatic carbocycles. The Labute approximate surface area is 227 Å². The summed E-state index contributed by atoms with van der Waals surface area (Å²) in [6, 6.07) is 2.29. The van der Waals surface area contributed by atoms with Crippen LogP contribution in [0, 0.1) is 17.8 Å². The molecule has 1 heterocycles. The maximum atomic E-state index is 13.9. The molecule has 1 aliphatic heterocycles. The molecule has 0 aromatic heterocycles. The second-order valence-electron chi connectivity index (χ2n) is 11.8. The summed E-state index contributed by atoms with van der Waals surface area (Å²) in [4.78, 5) is 43.1. The average Bonchev–Trinajstić information content (AvgIpc) is 2.86. The Hall–Kier alpha value is -3.21. The normalized spacial score (nSPS) is 29.9. The molecule has 1 aromatic rings. The number of phenols is 1. The number of hydrogen-bond donors (Lipinski definition) is 5. The van der Waals surface area contributed by atoms with Crippen LogP contribution in [0.1, 0.15) is 42.4 Å². The molecule has 1 saturated heterocycles. The molecule has 5 rings (SSSR count). The number of aryl methyl sites for hydroxylation is 1. The standard InChI is InChI=1S/C29H37N3O7/c1-31(2)23-18-13-16-12-17-15(5-4-14-8-10-32(3)11-9-14)6-7-19(33)21(17)24(34)20(16)26(36)29(18,39)27(37)22(25(23)35)28(30)38/h6-7,14,16,18,23,33-34,37,39H,4-5,8-13H2,1-3H3,(H2,30,38)/t16-,18-,23-,29-/m1/s1. The van der Waals surface area contributed by atoms with Gasteiger partial charge in [-0.1, -0.05) is 6.07 Å². The number of primary amides is 1. The molecule has 3 aliphatic carbocycles. The van der Waals surface area contributed by atoms with Crippen LogP contribution in [0.3, 0.4) is 0 Å². The molecule has 39 heavy (non-hydrogen) atoms. The fraction of sp³-hybridized carbons (Fsp3) is 0.552. The summed E-state index contributed by atoms with van der Waals surface area (Å²) in [5.74, 6) is -5.72. The fourth-order valence-electron chi connectivity index (χ4n) is 7.25. The van der Waals surface area contributed by atoms with Crippen LogP contribution in [0.5, 0.6) is 5.75 Å². The van der Waals surface area contributed by atoms with Gasteiger partial charge in [-0.2, -0.15) is 0 Å². The number of Topliss-reactive ketones (excluding diaryl/α,β-unsaturated/α-hetero) is 2. The number of phenolic OH excluding ortho intramolecular Hbond substituents is 1. The highest BCUT2D eigenvalue weighted by atomic mass is 16.3. The minimum atomic E-state index is -2.62. The van der Waals surface area contributed by atoms with Crippen LogP contribution in [-0.4, -0.2) is 93.6 Å². The van der Waals surface area contributed by atoms with E-state index in [0.717, 1.165) is 49.9 Å². The number of hydrogen-bond acceptors (Lipinski definition) is 9. The van der Waals surface area contributed by atoms with E-state index in [1.807, 2.05) is 6.07 Å². The molecule has 1 amide bonds. The topological polar surface area (TPSA) is 165 Å². The van der Waals surface area contributed by atoms with Gasteiger partial charge < -0.3 is 31.1 Å². The highest BCUT2D eigenvalue weighted by Crippen LogP contribution is 2.53.